The molecule has 1 rings (SSSR count). The van der Waals surface area contributed by atoms with E-state index >= 15 is 0 Å². The minimum Gasteiger partial charge on any atom is -0.381 e. The lowest BCUT2D eigenvalue weighted by Crippen LogP contribution is -2.39. The molecule has 0 amide bonds. The lowest BCUT2D eigenvalue weighted by Gasteiger charge is -2.39. The number of rotatable bonds is 3. The summed E-state index contributed by atoms with van der Waals surface area (Å²) in [5.74, 6) is 0.391. The Hall–Kier alpha value is 0.200. The summed E-state index contributed by atoms with van der Waals surface area (Å²) in [4.78, 5) is 0. The minimum atomic E-state index is -3.41. The van der Waals surface area contributed by atoms with Crippen molar-refractivity contribution in [2.24, 2.45) is 11.3 Å². The van der Waals surface area contributed by atoms with Gasteiger partial charge in [0.2, 0.25) is 9.05 Å². The zero-order valence-corrected chi connectivity index (χ0v) is 10.2. The molecule has 0 aromatic heterocycles. The average molecular weight is 241 g/mol. The molecule has 0 saturated carbocycles. The highest BCUT2D eigenvalue weighted by Crippen LogP contribution is 2.39. The normalized spacial score (nSPS) is 22.6. The van der Waals surface area contributed by atoms with Gasteiger partial charge in [0.25, 0.3) is 0 Å². The number of hydrogen-bond donors (Lipinski definition) is 0. The SMILES string of the molecule is CC(C)C1(CS(=O)(=O)Cl)CCOCC1. The quantitative estimate of drug-likeness (QED) is 0.709. The van der Waals surface area contributed by atoms with Crippen molar-refractivity contribution in [3.63, 3.8) is 0 Å². The largest absolute Gasteiger partial charge is 0.381 e. The van der Waals surface area contributed by atoms with Crippen LogP contribution in [0.3, 0.4) is 0 Å². The van der Waals surface area contributed by atoms with Crippen LogP contribution in [-0.4, -0.2) is 27.4 Å². The highest BCUT2D eigenvalue weighted by atomic mass is 35.7. The second-order valence-corrected chi connectivity index (χ2v) is 7.09. The summed E-state index contributed by atoms with van der Waals surface area (Å²) in [5, 5.41) is 0. The highest BCUT2D eigenvalue weighted by Gasteiger charge is 2.39. The van der Waals surface area contributed by atoms with Gasteiger partial charge in [0.05, 0.1) is 5.75 Å². The molecule has 1 aliphatic heterocycles. The predicted octanol–water partition coefficient (Wildman–Crippen LogP) is 2.01. The van der Waals surface area contributed by atoms with Gasteiger partial charge in [-0.15, -0.1) is 0 Å². The van der Waals surface area contributed by atoms with Gasteiger partial charge in [0, 0.05) is 23.9 Å². The van der Waals surface area contributed by atoms with Crippen LogP contribution < -0.4 is 0 Å². The molecule has 84 valence electrons. The van der Waals surface area contributed by atoms with Crippen LogP contribution in [0.5, 0.6) is 0 Å². The second kappa shape index (κ2) is 4.37. The van der Waals surface area contributed by atoms with Crippen molar-refractivity contribution in [3.05, 3.63) is 0 Å². The Morgan fingerprint density at radius 3 is 2.21 bits per heavy atom. The van der Waals surface area contributed by atoms with E-state index in [0.29, 0.717) is 19.1 Å². The summed E-state index contributed by atoms with van der Waals surface area (Å²) < 4.78 is 27.5. The van der Waals surface area contributed by atoms with E-state index in [9.17, 15) is 8.42 Å². The van der Waals surface area contributed by atoms with Crippen molar-refractivity contribution < 1.29 is 13.2 Å². The summed E-state index contributed by atoms with van der Waals surface area (Å²) in [7, 11) is 1.92. The molecule has 0 spiro atoms. The molecule has 0 bridgehead atoms. The maximum absolute atomic E-state index is 11.1. The smallest absolute Gasteiger partial charge is 0.233 e. The van der Waals surface area contributed by atoms with E-state index in [-0.39, 0.29) is 11.2 Å². The summed E-state index contributed by atoms with van der Waals surface area (Å²) in [5.41, 5.74) is -0.182. The standard InChI is InChI=1S/C9H17ClO3S/c1-8(2)9(7-14(10,11)12)3-5-13-6-4-9/h8H,3-7H2,1-2H3. The van der Waals surface area contributed by atoms with E-state index in [1.54, 1.807) is 0 Å². The van der Waals surface area contributed by atoms with E-state index in [1.807, 2.05) is 13.8 Å². The number of ether oxygens (including phenoxy) is 1. The second-order valence-electron chi connectivity index (χ2n) is 4.31. The van der Waals surface area contributed by atoms with Gasteiger partial charge in [0.1, 0.15) is 0 Å². The molecule has 1 heterocycles. The third kappa shape index (κ3) is 3.11. The third-order valence-electron chi connectivity index (χ3n) is 3.17. The molecule has 0 aromatic carbocycles. The highest BCUT2D eigenvalue weighted by molar-refractivity contribution is 8.13. The molecule has 0 aliphatic carbocycles. The number of halogens is 1. The Kier molecular flexibility index (Phi) is 3.83. The van der Waals surface area contributed by atoms with Crippen LogP contribution in [-0.2, 0) is 13.8 Å². The fourth-order valence-corrected chi connectivity index (χ4v) is 3.97. The van der Waals surface area contributed by atoms with Crippen LogP contribution in [0.25, 0.3) is 0 Å². The van der Waals surface area contributed by atoms with Gasteiger partial charge < -0.3 is 4.74 Å². The molecule has 0 radical (unpaired) electrons. The first-order valence-corrected chi connectivity index (χ1v) is 7.34. The minimum absolute atomic E-state index is 0.0720. The van der Waals surface area contributed by atoms with E-state index in [4.69, 9.17) is 15.4 Å². The first-order chi connectivity index (χ1) is 6.36. The predicted molar refractivity (Wildman–Crippen MR) is 57.0 cm³/mol. The van der Waals surface area contributed by atoms with Gasteiger partial charge in [-0.3, -0.25) is 0 Å². The van der Waals surface area contributed by atoms with Gasteiger partial charge in [-0.25, -0.2) is 8.42 Å². The fraction of sp³-hybridized carbons (Fsp3) is 1.00. The lowest BCUT2D eigenvalue weighted by molar-refractivity contribution is 0.00270. The van der Waals surface area contributed by atoms with Gasteiger partial charge in [-0.05, 0) is 24.2 Å². The van der Waals surface area contributed by atoms with Crippen molar-refractivity contribution in [1.82, 2.24) is 0 Å². The first-order valence-electron chi connectivity index (χ1n) is 4.86. The molecular weight excluding hydrogens is 224 g/mol. The maximum Gasteiger partial charge on any atom is 0.233 e. The van der Waals surface area contributed by atoms with Crippen molar-refractivity contribution in [2.75, 3.05) is 19.0 Å². The number of hydrogen-bond acceptors (Lipinski definition) is 3. The molecule has 14 heavy (non-hydrogen) atoms. The van der Waals surface area contributed by atoms with Gasteiger partial charge in [0.15, 0.2) is 0 Å². The van der Waals surface area contributed by atoms with E-state index in [1.165, 1.54) is 0 Å². The molecule has 1 fully saturated rings. The Labute approximate surface area is 90.2 Å². The van der Waals surface area contributed by atoms with Crippen molar-refractivity contribution in [3.8, 4) is 0 Å². The molecule has 1 saturated heterocycles. The molecule has 0 atom stereocenters. The zero-order valence-electron chi connectivity index (χ0n) is 8.62. The molecule has 1 aliphatic rings. The molecule has 0 N–H and O–H groups in total. The van der Waals surface area contributed by atoms with E-state index < -0.39 is 9.05 Å². The topological polar surface area (TPSA) is 43.4 Å². The van der Waals surface area contributed by atoms with Crippen LogP contribution >= 0.6 is 10.7 Å². The first kappa shape index (κ1) is 12.3. The van der Waals surface area contributed by atoms with Crippen LogP contribution in [0, 0.1) is 11.3 Å². The van der Waals surface area contributed by atoms with Crippen LogP contribution in [0.15, 0.2) is 0 Å². The molecular formula is C9H17ClO3S. The zero-order chi connectivity index (χ0) is 10.8. The van der Waals surface area contributed by atoms with Crippen molar-refractivity contribution >= 4 is 19.7 Å². The molecule has 5 heteroatoms. The summed E-state index contributed by atoms with van der Waals surface area (Å²) >= 11 is 0. The lowest BCUT2D eigenvalue weighted by atomic mass is 9.73. The Morgan fingerprint density at radius 2 is 1.86 bits per heavy atom. The van der Waals surface area contributed by atoms with E-state index in [0.717, 1.165) is 12.8 Å². The van der Waals surface area contributed by atoms with Crippen molar-refractivity contribution in [2.45, 2.75) is 26.7 Å². The van der Waals surface area contributed by atoms with Gasteiger partial charge in [-0.1, -0.05) is 13.8 Å². The van der Waals surface area contributed by atoms with Crippen LogP contribution in [0.4, 0.5) is 0 Å². The maximum atomic E-state index is 11.1. The van der Waals surface area contributed by atoms with Gasteiger partial charge in [-0.2, -0.15) is 0 Å². The molecule has 0 unspecified atom stereocenters. The van der Waals surface area contributed by atoms with E-state index in [2.05, 4.69) is 0 Å². The Balaban J connectivity index is 2.81. The molecule has 0 aromatic rings. The van der Waals surface area contributed by atoms with Crippen LogP contribution in [0.1, 0.15) is 26.7 Å². The third-order valence-corrected chi connectivity index (χ3v) is 4.42. The Morgan fingerprint density at radius 1 is 1.36 bits per heavy atom. The van der Waals surface area contributed by atoms with Gasteiger partial charge >= 0.3 is 0 Å². The summed E-state index contributed by atoms with van der Waals surface area (Å²) in [6.45, 7) is 5.38. The fourth-order valence-electron chi connectivity index (χ4n) is 2.01. The van der Waals surface area contributed by atoms with Crippen LogP contribution in [0.2, 0.25) is 0 Å². The average Bonchev–Trinajstić information content (AvgIpc) is 2.02. The monoisotopic (exact) mass is 240 g/mol. The summed E-state index contributed by atoms with van der Waals surface area (Å²) in [6.07, 6.45) is 1.58. The van der Waals surface area contributed by atoms with Crippen molar-refractivity contribution in [1.29, 1.82) is 0 Å². The summed E-state index contributed by atoms with van der Waals surface area (Å²) in [6, 6.07) is 0. The molecule has 3 nitrogen and oxygen atoms in total. The Bertz CT molecular complexity index is 278.